The van der Waals surface area contributed by atoms with Gasteiger partial charge in [0.2, 0.25) is 5.89 Å². The lowest BCUT2D eigenvalue weighted by molar-refractivity contribution is 0.0485. The van der Waals surface area contributed by atoms with E-state index in [1.807, 2.05) is 6.07 Å². The molecule has 0 bridgehead atoms. The van der Waals surface area contributed by atoms with Crippen LogP contribution in [0, 0.1) is 18.7 Å². The van der Waals surface area contributed by atoms with E-state index >= 15 is 0 Å². The van der Waals surface area contributed by atoms with E-state index in [9.17, 15) is 4.39 Å². The number of rotatable bonds is 6. The summed E-state index contributed by atoms with van der Waals surface area (Å²) in [5.74, 6) is 1.41. The Morgan fingerprint density at radius 3 is 2.79 bits per heavy atom. The van der Waals surface area contributed by atoms with Crippen molar-refractivity contribution in [3.8, 4) is 5.75 Å². The third kappa shape index (κ3) is 3.91. The Hall–Kier alpha value is -1.99. The second-order valence-electron chi connectivity index (χ2n) is 5.96. The predicted octanol–water partition coefficient (Wildman–Crippen LogP) is 2.78. The zero-order valence-electron chi connectivity index (χ0n) is 13.9. The van der Waals surface area contributed by atoms with Crippen LogP contribution in [-0.4, -0.2) is 30.5 Å². The summed E-state index contributed by atoms with van der Waals surface area (Å²) in [5.41, 5.74) is 0.835. The number of nitrogens with zero attached hydrogens (tertiary/aromatic N) is 2. The van der Waals surface area contributed by atoms with Gasteiger partial charge in [0.15, 0.2) is 17.4 Å². The van der Waals surface area contributed by atoms with Crippen molar-refractivity contribution >= 4 is 0 Å². The summed E-state index contributed by atoms with van der Waals surface area (Å²) in [6.07, 6.45) is 1.85. The summed E-state index contributed by atoms with van der Waals surface area (Å²) >= 11 is 0. The molecule has 1 aliphatic heterocycles. The lowest BCUT2D eigenvalue weighted by Gasteiger charge is -2.28. The van der Waals surface area contributed by atoms with E-state index in [0.29, 0.717) is 24.2 Å². The van der Waals surface area contributed by atoms with Gasteiger partial charge in [-0.25, -0.2) is 4.39 Å². The molecule has 0 saturated carbocycles. The topological polar surface area (TPSA) is 69.4 Å². The molecule has 2 heterocycles. The van der Waals surface area contributed by atoms with Crippen LogP contribution in [0.2, 0.25) is 0 Å². The molecule has 0 aliphatic carbocycles. The van der Waals surface area contributed by atoms with E-state index in [2.05, 4.69) is 15.5 Å². The minimum Gasteiger partial charge on any atom is -0.494 e. The van der Waals surface area contributed by atoms with Crippen LogP contribution in [-0.2, 0) is 11.3 Å². The number of benzene rings is 1. The molecule has 1 aliphatic rings. The second kappa shape index (κ2) is 7.72. The summed E-state index contributed by atoms with van der Waals surface area (Å²) in [6.45, 7) is 3.76. The maximum absolute atomic E-state index is 13.8. The van der Waals surface area contributed by atoms with E-state index in [1.54, 1.807) is 13.0 Å². The van der Waals surface area contributed by atoms with E-state index in [-0.39, 0.29) is 17.6 Å². The highest BCUT2D eigenvalue weighted by Gasteiger charge is 2.29. The van der Waals surface area contributed by atoms with Crippen LogP contribution in [0.5, 0.6) is 5.75 Å². The lowest BCUT2D eigenvalue weighted by atomic mass is 9.91. The van der Waals surface area contributed by atoms with Crippen molar-refractivity contribution < 1.29 is 18.4 Å². The van der Waals surface area contributed by atoms with Crippen molar-refractivity contribution in [3.63, 3.8) is 0 Å². The van der Waals surface area contributed by atoms with Crippen molar-refractivity contribution in [2.75, 3.05) is 20.3 Å². The number of aryl methyl sites for hydroxylation is 1. The zero-order valence-corrected chi connectivity index (χ0v) is 13.9. The SMILES string of the molecule is COc1ccc(CN[C@H](c2nc(C)no2)C2CCOCC2)cc1F. The highest BCUT2D eigenvalue weighted by molar-refractivity contribution is 5.29. The maximum Gasteiger partial charge on any atom is 0.244 e. The Balaban J connectivity index is 1.72. The van der Waals surface area contributed by atoms with Gasteiger partial charge in [-0.05, 0) is 43.4 Å². The maximum atomic E-state index is 13.8. The third-order valence-electron chi connectivity index (χ3n) is 4.29. The number of nitrogens with one attached hydrogen (secondary N) is 1. The monoisotopic (exact) mass is 335 g/mol. The molecule has 0 spiro atoms. The molecule has 24 heavy (non-hydrogen) atoms. The van der Waals surface area contributed by atoms with E-state index in [4.69, 9.17) is 14.0 Å². The molecule has 1 aromatic heterocycles. The van der Waals surface area contributed by atoms with Gasteiger partial charge in [0.05, 0.1) is 13.2 Å². The molecule has 1 atom stereocenters. The molecule has 0 radical (unpaired) electrons. The summed E-state index contributed by atoms with van der Waals surface area (Å²) < 4.78 is 29.6. The van der Waals surface area contributed by atoms with E-state index in [1.165, 1.54) is 13.2 Å². The van der Waals surface area contributed by atoms with Gasteiger partial charge >= 0.3 is 0 Å². The average molecular weight is 335 g/mol. The van der Waals surface area contributed by atoms with Crippen LogP contribution in [0.15, 0.2) is 22.7 Å². The number of ether oxygens (including phenoxy) is 2. The molecule has 6 nitrogen and oxygen atoms in total. The Kier molecular flexibility index (Phi) is 5.42. The molecule has 0 amide bonds. The Labute approximate surface area is 140 Å². The van der Waals surface area contributed by atoms with Gasteiger partial charge in [-0.2, -0.15) is 4.98 Å². The van der Waals surface area contributed by atoms with Crippen molar-refractivity contribution in [2.45, 2.75) is 32.4 Å². The summed E-state index contributed by atoms with van der Waals surface area (Å²) in [4.78, 5) is 4.37. The molecule has 1 fully saturated rings. The largest absolute Gasteiger partial charge is 0.494 e. The van der Waals surface area contributed by atoms with Crippen LogP contribution in [0.1, 0.15) is 36.2 Å². The first kappa shape index (κ1) is 16.9. The zero-order chi connectivity index (χ0) is 16.9. The smallest absolute Gasteiger partial charge is 0.244 e. The van der Waals surface area contributed by atoms with Crippen molar-refractivity contribution in [1.82, 2.24) is 15.5 Å². The Bertz CT molecular complexity index is 671. The number of hydrogen-bond acceptors (Lipinski definition) is 6. The number of hydrogen-bond donors (Lipinski definition) is 1. The van der Waals surface area contributed by atoms with Crippen LogP contribution in [0.25, 0.3) is 0 Å². The first-order chi connectivity index (χ1) is 11.7. The Morgan fingerprint density at radius 2 is 2.17 bits per heavy atom. The highest BCUT2D eigenvalue weighted by Crippen LogP contribution is 2.29. The molecule has 3 rings (SSSR count). The molecule has 0 unspecified atom stereocenters. The first-order valence-corrected chi connectivity index (χ1v) is 8.11. The van der Waals surface area contributed by atoms with Gasteiger partial charge in [0.1, 0.15) is 0 Å². The minimum atomic E-state index is -0.368. The quantitative estimate of drug-likeness (QED) is 0.875. The molecular weight excluding hydrogens is 313 g/mol. The van der Waals surface area contributed by atoms with Crippen molar-refractivity contribution in [1.29, 1.82) is 0 Å². The van der Waals surface area contributed by atoms with Gasteiger partial charge in [-0.15, -0.1) is 0 Å². The molecule has 7 heteroatoms. The summed E-state index contributed by atoms with van der Waals surface area (Å²) in [5, 5.41) is 7.33. The fourth-order valence-corrected chi connectivity index (χ4v) is 2.99. The molecule has 1 aromatic carbocycles. The van der Waals surface area contributed by atoms with E-state index < -0.39 is 0 Å². The normalized spacial score (nSPS) is 17.0. The Morgan fingerprint density at radius 1 is 1.38 bits per heavy atom. The van der Waals surface area contributed by atoms with Gasteiger partial charge in [0.25, 0.3) is 0 Å². The third-order valence-corrected chi connectivity index (χ3v) is 4.29. The molecule has 1 saturated heterocycles. The standard InChI is InChI=1S/C17H22FN3O3/c1-11-20-17(24-21-11)16(13-5-7-23-8-6-13)19-10-12-3-4-15(22-2)14(18)9-12/h3-4,9,13,16,19H,5-8,10H2,1-2H3/t16-/m0/s1. The molecule has 1 N–H and O–H groups in total. The number of methoxy groups -OCH3 is 1. The molecule has 2 aromatic rings. The fraction of sp³-hybridized carbons (Fsp3) is 0.529. The van der Waals surface area contributed by atoms with Crippen molar-refractivity contribution in [2.24, 2.45) is 5.92 Å². The molecular formula is C17H22FN3O3. The highest BCUT2D eigenvalue weighted by atomic mass is 19.1. The van der Waals surface area contributed by atoms with Gasteiger partial charge in [-0.1, -0.05) is 11.2 Å². The van der Waals surface area contributed by atoms with Gasteiger partial charge in [-0.3, -0.25) is 0 Å². The first-order valence-electron chi connectivity index (χ1n) is 8.11. The van der Waals surface area contributed by atoms with Crippen LogP contribution in [0.4, 0.5) is 4.39 Å². The van der Waals surface area contributed by atoms with E-state index in [0.717, 1.165) is 31.6 Å². The number of aromatic nitrogens is 2. The van der Waals surface area contributed by atoms with Crippen LogP contribution in [0.3, 0.4) is 0 Å². The van der Waals surface area contributed by atoms with Crippen LogP contribution < -0.4 is 10.1 Å². The van der Waals surface area contributed by atoms with Gasteiger partial charge in [0, 0.05) is 19.8 Å². The molecule has 130 valence electrons. The number of halogens is 1. The minimum absolute atomic E-state index is 0.0692. The van der Waals surface area contributed by atoms with Crippen molar-refractivity contribution in [3.05, 3.63) is 41.3 Å². The summed E-state index contributed by atoms with van der Waals surface area (Å²) in [7, 11) is 1.45. The summed E-state index contributed by atoms with van der Waals surface area (Å²) in [6, 6.07) is 4.88. The second-order valence-corrected chi connectivity index (χ2v) is 5.96. The predicted molar refractivity (Wildman–Crippen MR) is 85.1 cm³/mol. The average Bonchev–Trinajstić information content (AvgIpc) is 3.02. The van der Waals surface area contributed by atoms with Gasteiger partial charge < -0.3 is 19.3 Å². The fourth-order valence-electron chi connectivity index (χ4n) is 2.99. The van der Waals surface area contributed by atoms with Crippen LogP contribution >= 0.6 is 0 Å². The lowest BCUT2D eigenvalue weighted by Crippen LogP contribution is -2.32.